The first kappa shape index (κ1) is 26.1. The number of hydrogen-bond donors (Lipinski definition) is 3. The second kappa shape index (κ2) is 10.8. The van der Waals surface area contributed by atoms with Crippen LogP contribution < -0.4 is 20.9 Å². The molecule has 3 amide bonds. The minimum Gasteiger partial charge on any atom is -0.368 e. The average Bonchev–Trinajstić information content (AvgIpc) is 3.23. The highest BCUT2D eigenvalue weighted by Gasteiger charge is 2.33. The Labute approximate surface area is 237 Å². The van der Waals surface area contributed by atoms with Crippen LogP contribution in [0.2, 0.25) is 0 Å². The smallest absolute Gasteiger partial charge is 0.323 e. The number of carbonyl (C=O) groups is 2. The molecule has 6 rings (SSSR count). The molecule has 1 aromatic heterocycles. The molecule has 3 aromatic carbocycles. The maximum absolute atomic E-state index is 13.0. The maximum Gasteiger partial charge on any atom is 0.323 e. The third kappa shape index (κ3) is 4.99. The van der Waals surface area contributed by atoms with Gasteiger partial charge in [-0.1, -0.05) is 41.6 Å². The van der Waals surface area contributed by atoms with Gasteiger partial charge in [-0.3, -0.25) is 9.69 Å². The predicted octanol–water partition coefficient (Wildman–Crippen LogP) is 5.28. The Bertz CT molecular complexity index is 1660. The minimum atomic E-state index is -0.443. The lowest BCUT2D eigenvalue weighted by atomic mass is 9.93. The molecule has 10 heteroatoms. The molecule has 10 nitrogen and oxygen atoms in total. The van der Waals surface area contributed by atoms with Crippen LogP contribution in [-0.4, -0.2) is 48.2 Å². The third-order valence-corrected chi connectivity index (χ3v) is 7.67. The Hall–Kier alpha value is -5.14. The summed E-state index contributed by atoms with van der Waals surface area (Å²) in [7, 11) is 0. The number of fused-ring (bicyclic) bond motifs is 2. The fourth-order valence-corrected chi connectivity index (χ4v) is 5.68. The van der Waals surface area contributed by atoms with E-state index in [1.54, 1.807) is 26.0 Å². The molecule has 4 aromatic rings. The lowest BCUT2D eigenvalue weighted by Crippen LogP contribution is -2.48. The van der Waals surface area contributed by atoms with Gasteiger partial charge in [-0.25, -0.2) is 4.79 Å². The molecule has 0 aliphatic carbocycles. The van der Waals surface area contributed by atoms with Gasteiger partial charge in [0, 0.05) is 43.1 Å². The number of piperazine rings is 1. The molecule has 206 valence electrons. The summed E-state index contributed by atoms with van der Waals surface area (Å²) in [5, 5.41) is 22.4. The van der Waals surface area contributed by atoms with Crippen molar-refractivity contribution in [3.8, 4) is 6.07 Å². The lowest BCUT2D eigenvalue weighted by molar-refractivity contribution is 0.102. The number of nitrogens with zero attached hydrogens (tertiary/aromatic N) is 4. The van der Waals surface area contributed by atoms with Gasteiger partial charge >= 0.3 is 6.03 Å². The predicted molar refractivity (Wildman–Crippen MR) is 156 cm³/mol. The molecule has 1 atom stereocenters. The van der Waals surface area contributed by atoms with Gasteiger partial charge in [-0.05, 0) is 55.3 Å². The molecule has 2 aliphatic rings. The van der Waals surface area contributed by atoms with Crippen LogP contribution in [0.15, 0.2) is 71.3 Å². The van der Waals surface area contributed by atoms with Crippen molar-refractivity contribution >= 4 is 34.7 Å². The van der Waals surface area contributed by atoms with Crippen molar-refractivity contribution in [1.82, 2.24) is 10.1 Å². The number of amides is 3. The number of carbonyl (C=O) groups excluding carboxylic acids is 2. The van der Waals surface area contributed by atoms with Gasteiger partial charge in [0.05, 0.1) is 17.3 Å². The highest BCUT2D eigenvalue weighted by atomic mass is 16.5. The van der Waals surface area contributed by atoms with Gasteiger partial charge in [-0.2, -0.15) is 5.26 Å². The number of hydrogen-bond acceptors (Lipinski definition) is 7. The standard InChI is InChI=1S/C31H29N7O3/c1-19-28(20(2)41-36-19)35-31(40)33-22-11-12-27(21(17-22)18-32)37-13-15-38(16-14-37)29-23-7-3-4-8-24(23)30(39)34-26-10-6-5-9-25(26)29/h3-12,17,29H,13-16H2,1-2H3,(H,34,39)(H2,33,35,40). The Morgan fingerprint density at radius 3 is 2.46 bits per heavy atom. The Balaban J connectivity index is 1.19. The number of nitriles is 1. The summed E-state index contributed by atoms with van der Waals surface area (Å²) < 4.78 is 5.10. The van der Waals surface area contributed by atoms with Crippen molar-refractivity contribution in [2.45, 2.75) is 19.9 Å². The molecule has 0 radical (unpaired) electrons. The molecule has 0 bridgehead atoms. The van der Waals surface area contributed by atoms with E-state index in [2.05, 4.69) is 43.0 Å². The largest absolute Gasteiger partial charge is 0.368 e. The van der Waals surface area contributed by atoms with E-state index < -0.39 is 6.03 Å². The van der Waals surface area contributed by atoms with Gasteiger partial charge in [0.2, 0.25) is 0 Å². The number of urea groups is 1. The Morgan fingerprint density at radius 2 is 1.73 bits per heavy atom. The highest BCUT2D eigenvalue weighted by Crippen LogP contribution is 2.39. The summed E-state index contributed by atoms with van der Waals surface area (Å²) in [4.78, 5) is 30.2. The summed E-state index contributed by atoms with van der Waals surface area (Å²) in [5.41, 5.74) is 6.50. The zero-order chi connectivity index (χ0) is 28.5. The number of para-hydroxylation sites is 1. The molecular weight excluding hydrogens is 518 g/mol. The van der Waals surface area contributed by atoms with E-state index in [9.17, 15) is 14.9 Å². The zero-order valence-electron chi connectivity index (χ0n) is 22.8. The highest BCUT2D eigenvalue weighted by molar-refractivity contribution is 6.07. The average molecular weight is 548 g/mol. The van der Waals surface area contributed by atoms with Gasteiger partial charge in [0.1, 0.15) is 17.5 Å². The van der Waals surface area contributed by atoms with Crippen LogP contribution in [0, 0.1) is 25.2 Å². The van der Waals surface area contributed by atoms with E-state index in [0.717, 1.165) is 35.6 Å². The number of aryl methyl sites for hydroxylation is 2. The molecule has 0 spiro atoms. The van der Waals surface area contributed by atoms with Crippen molar-refractivity contribution < 1.29 is 14.1 Å². The van der Waals surface area contributed by atoms with Gasteiger partial charge in [-0.15, -0.1) is 0 Å². The fourth-order valence-electron chi connectivity index (χ4n) is 5.68. The summed E-state index contributed by atoms with van der Waals surface area (Å²) >= 11 is 0. The first-order valence-corrected chi connectivity index (χ1v) is 13.5. The van der Waals surface area contributed by atoms with Crippen LogP contribution in [0.25, 0.3) is 0 Å². The molecule has 41 heavy (non-hydrogen) atoms. The number of rotatable bonds is 4. The van der Waals surface area contributed by atoms with Gasteiger partial charge < -0.3 is 25.4 Å². The van der Waals surface area contributed by atoms with E-state index in [1.807, 2.05) is 48.5 Å². The van der Waals surface area contributed by atoms with Crippen molar-refractivity contribution in [1.29, 1.82) is 5.26 Å². The van der Waals surface area contributed by atoms with Gasteiger partial charge in [0.25, 0.3) is 5.91 Å². The minimum absolute atomic E-state index is 0.0678. The third-order valence-electron chi connectivity index (χ3n) is 7.67. The summed E-state index contributed by atoms with van der Waals surface area (Å²) in [5.74, 6) is 0.422. The molecule has 0 saturated carbocycles. The number of benzene rings is 3. The summed E-state index contributed by atoms with van der Waals surface area (Å²) in [6.45, 7) is 6.37. The fraction of sp³-hybridized carbons (Fsp3) is 0.226. The maximum atomic E-state index is 13.0. The van der Waals surface area contributed by atoms with Crippen molar-refractivity contribution in [2.24, 2.45) is 0 Å². The molecule has 1 unspecified atom stereocenters. The van der Waals surface area contributed by atoms with E-state index in [4.69, 9.17) is 4.52 Å². The summed E-state index contributed by atoms with van der Waals surface area (Å²) in [6.07, 6.45) is 0. The van der Waals surface area contributed by atoms with Crippen LogP contribution in [-0.2, 0) is 0 Å². The first-order valence-electron chi connectivity index (χ1n) is 13.5. The van der Waals surface area contributed by atoms with Crippen LogP contribution >= 0.6 is 0 Å². The summed E-state index contributed by atoms with van der Waals surface area (Å²) in [6, 6.07) is 22.9. The van der Waals surface area contributed by atoms with E-state index in [-0.39, 0.29) is 11.9 Å². The Morgan fingerprint density at radius 1 is 1.00 bits per heavy atom. The second-order valence-electron chi connectivity index (χ2n) is 10.2. The number of anilines is 4. The Kier molecular flexibility index (Phi) is 6.87. The van der Waals surface area contributed by atoms with Crippen molar-refractivity contribution in [3.63, 3.8) is 0 Å². The van der Waals surface area contributed by atoms with E-state index in [1.165, 1.54) is 0 Å². The molecule has 2 aliphatic heterocycles. The van der Waals surface area contributed by atoms with E-state index >= 15 is 0 Å². The number of nitrogens with one attached hydrogen (secondary N) is 3. The van der Waals surface area contributed by atoms with Crippen molar-refractivity contribution in [3.05, 3.63) is 100 Å². The SMILES string of the molecule is Cc1noc(C)c1NC(=O)Nc1ccc(N2CCN(C3c4ccccc4NC(=O)c4ccccc43)CC2)c(C#N)c1. The van der Waals surface area contributed by atoms with Crippen LogP contribution in [0.3, 0.4) is 0 Å². The monoisotopic (exact) mass is 547 g/mol. The quantitative estimate of drug-likeness (QED) is 0.317. The topological polar surface area (TPSA) is 127 Å². The first-order chi connectivity index (χ1) is 19.9. The molecular formula is C31H29N7O3. The van der Waals surface area contributed by atoms with Gasteiger partial charge in [0.15, 0.2) is 5.76 Å². The van der Waals surface area contributed by atoms with Crippen LogP contribution in [0.1, 0.15) is 44.5 Å². The zero-order valence-corrected chi connectivity index (χ0v) is 22.8. The molecule has 1 fully saturated rings. The van der Waals surface area contributed by atoms with E-state index in [0.29, 0.717) is 47.0 Å². The molecule has 3 N–H and O–H groups in total. The van der Waals surface area contributed by atoms with Crippen molar-refractivity contribution in [2.75, 3.05) is 47.0 Å². The normalized spacial score (nSPS) is 16.6. The van der Waals surface area contributed by atoms with Crippen LogP contribution in [0.4, 0.5) is 27.5 Å². The molecule has 1 saturated heterocycles. The molecule has 3 heterocycles. The lowest BCUT2D eigenvalue weighted by Gasteiger charge is -2.41. The number of aromatic nitrogens is 1. The second-order valence-corrected chi connectivity index (χ2v) is 10.2. The van der Waals surface area contributed by atoms with Crippen LogP contribution in [0.5, 0.6) is 0 Å².